The summed E-state index contributed by atoms with van der Waals surface area (Å²) in [5.41, 5.74) is 1.53. The van der Waals surface area contributed by atoms with Gasteiger partial charge < -0.3 is 10.0 Å². The van der Waals surface area contributed by atoms with E-state index < -0.39 is 16.0 Å². The van der Waals surface area contributed by atoms with E-state index in [9.17, 15) is 18.1 Å². The fourth-order valence-electron chi connectivity index (χ4n) is 3.91. The summed E-state index contributed by atoms with van der Waals surface area (Å²) in [4.78, 5) is 4.58. The van der Waals surface area contributed by atoms with Crippen molar-refractivity contribution in [3.8, 4) is 0 Å². The number of hydrogen-bond donors (Lipinski definition) is 1. The fraction of sp³-hybridized carbons (Fsp3) is 0.478. The Morgan fingerprint density at radius 1 is 0.900 bits per heavy atom. The Kier molecular flexibility index (Phi) is 8.50. The van der Waals surface area contributed by atoms with Crippen LogP contribution in [0.15, 0.2) is 48.5 Å². The van der Waals surface area contributed by atoms with E-state index >= 15 is 0 Å². The molecule has 0 radical (unpaired) electrons. The Hall–Kier alpha value is -1.67. The molecule has 0 bridgehead atoms. The number of halogens is 2. The molecule has 3 rings (SSSR count). The van der Waals surface area contributed by atoms with Crippen molar-refractivity contribution in [1.29, 1.82) is 0 Å². The molecule has 0 saturated carbocycles. The fourth-order valence-corrected chi connectivity index (χ4v) is 5.51. The van der Waals surface area contributed by atoms with Gasteiger partial charge in [-0.15, -0.1) is 0 Å². The maximum Gasteiger partial charge on any atom is 0.123 e. The van der Waals surface area contributed by atoms with Gasteiger partial charge in [0.25, 0.3) is 0 Å². The van der Waals surface area contributed by atoms with E-state index in [0.29, 0.717) is 18.8 Å². The van der Waals surface area contributed by atoms with Crippen molar-refractivity contribution < 1.29 is 18.1 Å². The van der Waals surface area contributed by atoms with Crippen LogP contribution in [0.3, 0.4) is 0 Å². The quantitative estimate of drug-likeness (QED) is 0.690. The van der Waals surface area contributed by atoms with Crippen molar-refractivity contribution in [2.45, 2.75) is 24.7 Å². The number of nitrogens with zero attached hydrogens (tertiary/aromatic N) is 2. The first-order valence-electron chi connectivity index (χ1n) is 10.4. The first-order valence-corrected chi connectivity index (χ1v) is 11.8. The monoisotopic (exact) mass is 436 g/mol. The largest absolute Gasteiger partial charge is 0.392 e. The van der Waals surface area contributed by atoms with Gasteiger partial charge in [0.1, 0.15) is 11.6 Å². The molecule has 1 fully saturated rings. The second-order valence-corrected chi connectivity index (χ2v) is 9.55. The minimum atomic E-state index is -1.24. The molecule has 30 heavy (non-hydrogen) atoms. The molecule has 0 amide bonds. The lowest BCUT2D eigenvalue weighted by Crippen LogP contribution is -2.36. The molecular weight excluding hydrogens is 406 g/mol. The minimum absolute atomic E-state index is 0.337. The Bertz CT molecular complexity index is 769. The number of hydrogen-bond acceptors (Lipinski definition) is 4. The molecule has 7 heteroatoms. The molecule has 1 saturated heterocycles. The normalized spacial score (nSPS) is 18.3. The Balaban J connectivity index is 1.66. The molecule has 1 heterocycles. The molecule has 0 spiro atoms. The van der Waals surface area contributed by atoms with E-state index in [1.54, 1.807) is 31.2 Å². The van der Waals surface area contributed by atoms with Crippen LogP contribution in [0.1, 0.15) is 29.7 Å². The second kappa shape index (κ2) is 11.1. The van der Waals surface area contributed by atoms with E-state index in [0.717, 1.165) is 43.7 Å². The molecule has 1 aliphatic heterocycles. The number of benzene rings is 2. The van der Waals surface area contributed by atoms with Crippen molar-refractivity contribution in [2.24, 2.45) is 0 Å². The van der Waals surface area contributed by atoms with Crippen LogP contribution in [0.5, 0.6) is 0 Å². The molecule has 2 aromatic rings. The molecule has 2 atom stereocenters. The lowest BCUT2D eigenvalue weighted by atomic mass is 10.0. The lowest BCUT2D eigenvalue weighted by Gasteiger charge is -2.24. The van der Waals surface area contributed by atoms with Gasteiger partial charge in [-0.1, -0.05) is 24.3 Å². The third-order valence-electron chi connectivity index (χ3n) is 5.42. The van der Waals surface area contributed by atoms with Crippen molar-refractivity contribution in [2.75, 3.05) is 45.0 Å². The summed E-state index contributed by atoms with van der Waals surface area (Å²) in [6, 6.07) is 12.1. The summed E-state index contributed by atoms with van der Waals surface area (Å²) >= 11 is 0. The van der Waals surface area contributed by atoms with Crippen LogP contribution in [0, 0.1) is 11.6 Å². The average Bonchev–Trinajstić information content (AvgIpc) is 2.94. The number of rotatable bonds is 8. The molecule has 2 unspecified atom stereocenters. The number of β-amino-alcohol motifs (C(OH)–C–C–N with tert-alkyl or cyclic N) is 1. The van der Waals surface area contributed by atoms with Gasteiger partial charge in [-0.25, -0.2) is 8.78 Å². The van der Waals surface area contributed by atoms with Gasteiger partial charge in [-0.2, -0.15) is 0 Å². The lowest BCUT2D eigenvalue weighted by molar-refractivity contribution is 0.128. The third kappa shape index (κ3) is 6.67. The zero-order valence-electron chi connectivity index (χ0n) is 17.3. The first-order chi connectivity index (χ1) is 14.4. The van der Waals surface area contributed by atoms with Crippen LogP contribution in [0.4, 0.5) is 8.78 Å². The zero-order chi connectivity index (χ0) is 21.5. The highest BCUT2D eigenvalue weighted by molar-refractivity contribution is 7.85. The summed E-state index contributed by atoms with van der Waals surface area (Å²) in [6.45, 7) is 6.84. The van der Waals surface area contributed by atoms with Gasteiger partial charge in [0, 0.05) is 42.7 Å². The van der Waals surface area contributed by atoms with Gasteiger partial charge in [-0.05, 0) is 61.8 Å². The highest BCUT2D eigenvalue weighted by Gasteiger charge is 2.23. The van der Waals surface area contributed by atoms with Gasteiger partial charge in [0.15, 0.2) is 0 Å². The van der Waals surface area contributed by atoms with Crippen LogP contribution in [0.2, 0.25) is 0 Å². The van der Waals surface area contributed by atoms with Gasteiger partial charge in [0.05, 0.1) is 11.4 Å². The minimum Gasteiger partial charge on any atom is -0.392 e. The molecule has 164 valence electrons. The van der Waals surface area contributed by atoms with E-state index in [1.807, 2.05) is 0 Å². The van der Waals surface area contributed by atoms with Crippen LogP contribution < -0.4 is 0 Å². The highest BCUT2D eigenvalue weighted by atomic mass is 32.2. The van der Waals surface area contributed by atoms with Crippen molar-refractivity contribution in [3.63, 3.8) is 0 Å². The van der Waals surface area contributed by atoms with Crippen LogP contribution in [-0.2, 0) is 10.8 Å². The molecule has 0 aliphatic carbocycles. The smallest absolute Gasteiger partial charge is 0.123 e. The topological polar surface area (TPSA) is 43.8 Å². The van der Waals surface area contributed by atoms with E-state index in [-0.39, 0.29) is 17.7 Å². The highest BCUT2D eigenvalue weighted by Crippen LogP contribution is 2.29. The third-order valence-corrected chi connectivity index (χ3v) is 7.08. The maximum atomic E-state index is 13.4. The summed E-state index contributed by atoms with van der Waals surface area (Å²) in [5, 5.41) is 9.18. The summed E-state index contributed by atoms with van der Waals surface area (Å²) in [5.74, 6) is -0.196. The van der Waals surface area contributed by atoms with Gasteiger partial charge >= 0.3 is 0 Å². The summed E-state index contributed by atoms with van der Waals surface area (Å²) in [7, 11) is -1.24. The predicted octanol–water partition coefficient (Wildman–Crippen LogP) is 3.19. The standard InChI is InChI=1S/C23H30F2N2O2S/c1-18(28)17-27-12-2-11-26(13-14-27)15-16-30(29)23(19-3-7-21(24)8-4-19)20-5-9-22(25)10-6-20/h3-10,18,23,28H,2,11-17H2,1H3. The summed E-state index contributed by atoms with van der Waals surface area (Å²) in [6.07, 6.45) is 0.676. The van der Waals surface area contributed by atoms with Crippen molar-refractivity contribution >= 4 is 10.8 Å². The van der Waals surface area contributed by atoms with Crippen molar-refractivity contribution in [3.05, 3.63) is 71.3 Å². The molecule has 2 aromatic carbocycles. The Labute approximate surface area is 180 Å². The van der Waals surface area contributed by atoms with E-state index in [4.69, 9.17) is 0 Å². The molecule has 4 nitrogen and oxygen atoms in total. The van der Waals surface area contributed by atoms with Gasteiger partial charge in [0.2, 0.25) is 0 Å². The maximum absolute atomic E-state index is 13.4. The number of aliphatic hydroxyl groups excluding tert-OH is 1. The Morgan fingerprint density at radius 3 is 1.93 bits per heavy atom. The van der Waals surface area contributed by atoms with E-state index in [2.05, 4.69) is 9.80 Å². The SMILES string of the molecule is CC(O)CN1CCCN(CCS(=O)C(c2ccc(F)cc2)c2ccc(F)cc2)CC1. The zero-order valence-corrected chi connectivity index (χ0v) is 18.2. The van der Waals surface area contributed by atoms with Crippen molar-refractivity contribution in [1.82, 2.24) is 9.80 Å². The average molecular weight is 437 g/mol. The van der Waals surface area contributed by atoms with Crippen LogP contribution in [-0.4, -0.2) is 70.2 Å². The summed E-state index contributed by atoms with van der Waals surface area (Å²) < 4.78 is 40.1. The Morgan fingerprint density at radius 2 is 1.40 bits per heavy atom. The van der Waals surface area contributed by atoms with Gasteiger partial charge in [-0.3, -0.25) is 9.11 Å². The molecule has 1 aliphatic rings. The molecule has 1 N–H and O–H groups in total. The predicted molar refractivity (Wildman–Crippen MR) is 117 cm³/mol. The van der Waals surface area contributed by atoms with E-state index in [1.165, 1.54) is 24.3 Å². The molecule has 0 aromatic heterocycles. The first kappa shape index (κ1) is 23.0. The number of aliphatic hydroxyl groups is 1. The van der Waals surface area contributed by atoms with Crippen LogP contribution >= 0.6 is 0 Å². The molecular formula is C23H30F2N2O2S. The van der Waals surface area contributed by atoms with Crippen LogP contribution in [0.25, 0.3) is 0 Å². The second-order valence-electron chi connectivity index (χ2n) is 7.91.